The van der Waals surface area contributed by atoms with Crippen LogP contribution in [0.5, 0.6) is 0 Å². The predicted molar refractivity (Wildman–Crippen MR) is 82.0 cm³/mol. The number of rotatable bonds is 5. The van der Waals surface area contributed by atoms with E-state index in [9.17, 15) is 8.78 Å². The molecule has 0 aliphatic rings. The number of nitrogens with two attached hydrogens (primary N) is 1. The molecule has 0 amide bonds. The zero-order valence-electron chi connectivity index (χ0n) is 12.4. The van der Waals surface area contributed by atoms with E-state index in [2.05, 4.69) is 26.0 Å². The van der Waals surface area contributed by atoms with E-state index in [1.54, 1.807) is 0 Å². The van der Waals surface area contributed by atoms with Gasteiger partial charge in [-0.15, -0.1) is 0 Å². The molecule has 0 saturated carbocycles. The molecule has 2 aromatic carbocycles. The van der Waals surface area contributed by atoms with Crippen molar-refractivity contribution in [1.29, 1.82) is 0 Å². The van der Waals surface area contributed by atoms with E-state index in [1.807, 2.05) is 12.1 Å². The Kier molecular flexibility index (Phi) is 5.07. The molecule has 2 aromatic rings. The Morgan fingerprint density at radius 2 is 1.62 bits per heavy atom. The fourth-order valence-electron chi connectivity index (χ4n) is 2.41. The van der Waals surface area contributed by atoms with Gasteiger partial charge in [-0.1, -0.05) is 44.2 Å². The monoisotopic (exact) mass is 289 g/mol. The Hall–Kier alpha value is -1.74. The fourth-order valence-corrected chi connectivity index (χ4v) is 2.41. The Morgan fingerprint density at radius 1 is 0.952 bits per heavy atom. The second kappa shape index (κ2) is 6.81. The van der Waals surface area contributed by atoms with Gasteiger partial charge in [0.1, 0.15) is 11.6 Å². The third kappa shape index (κ3) is 4.36. The quantitative estimate of drug-likeness (QED) is 0.867. The van der Waals surface area contributed by atoms with Gasteiger partial charge in [0.15, 0.2) is 0 Å². The molecule has 1 nitrogen and oxygen atoms in total. The smallest absolute Gasteiger partial charge is 0.129 e. The number of hydrogen-bond donors (Lipinski definition) is 1. The zero-order chi connectivity index (χ0) is 15.4. The maximum Gasteiger partial charge on any atom is 0.129 e. The highest BCUT2D eigenvalue weighted by atomic mass is 19.1. The number of benzene rings is 2. The van der Waals surface area contributed by atoms with Crippen LogP contribution in [0.2, 0.25) is 0 Å². The first kappa shape index (κ1) is 15.6. The van der Waals surface area contributed by atoms with Crippen LogP contribution in [0, 0.1) is 17.6 Å². The molecule has 2 rings (SSSR count). The summed E-state index contributed by atoms with van der Waals surface area (Å²) >= 11 is 0. The molecule has 0 fully saturated rings. The Balaban J connectivity index is 2.07. The molecule has 0 radical (unpaired) electrons. The molecule has 0 spiro atoms. The van der Waals surface area contributed by atoms with Crippen LogP contribution >= 0.6 is 0 Å². The summed E-state index contributed by atoms with van der Waals surface area (Å²) < 4.78 is 26.5. The molecule has 1 unspecified atom stereocenters. The predicted octanol–water partition coefficient (Wildman–Crippen LogP) is 4.41. The van der Waals surface area contributed by atoms with Gasteiger partial charge < -0.3 is 5.73 Å². The van der Waals surface area contributed by atoms with E-state index in [4.69, 9.17) is 5.73 Å². The van der Waals surface area contributed by atoms with Gasteiger partial charge in [-0.05, 0) is 41.5 Å². The normalized spacial score (nSPS) is 12.7. The summed E-state index contributed by atoms with van der Waals surface area (Å²) in [5.41, 5.74) is 8.80. The summed E-state index contributed by atoms with van der Waals surface area (Å²) in [6.45, 7) is 4.36. The van der Waals surface area contributed by atoms with Gasteiger partial charge >= 0.3 is 0 Å². The highest BCUT2D eigenvalue weighted by Gasteiger charge is 2.11. The van der Waals surface area contributed by atoms with Crippen LogP contribution in [-0.2, 0) is 12.8 Å². The summed E-state index contributed by atoms with van der Waals surface area (Å²) in [5.74, 6) is -0.498. The van der Waals surface area contributed by atoms with Crippen LogP contribution in [0.15, 0.2) is 42.5 Å². The minimum absolute atomic E-state index is 0.293. The average Bonchev–Trinajstić information content (AvgIpc) is 2.42. The van der Waals surface area contributed by atoms with Gasteiger partial charge in [0.25, 0.3) is 0 Å². The molecule has 3 heteroatoms. The van der Waals surface area contributed by atoms with Crippen LogP contribution in [-0.4, -0.2) is 0 Å². The molecule has 0 heterocycles. The van der Waals surface area contributed by atoms with E-state index < -0.39 is 11.6 Å². The summed E-state index contributed by atoms with van der Waals surface area (Å²) in [6, 6.07) is 11.4. The van der Waals surface area contributed by atoms with E-state index in [1.165, 1.54) is 17.7 Å². The van der Waals surface area contributed by atoms with Crippen molar-refractivity contribution >= 4 is 0 Å². The molecular formula is C18H21F2N. The highest BCUT2D eigenvalue weighted by molar-refractivity contribution is 5.28. The van der Waals surface area contributed by atoms with Crippen molar-refractivity contribution in [1.82, 2.24) is 0 Å². The second-order valence-electron chi connectivity index (χ2n) is 5.89. The summed E-state index contributed by atoms with van der Waals surface area (Å²) in [5, 5.41) is 0. The van der Waals surface area contributed by atoms with Gasteiger partial charge in [-0.25, -0.2) is 8.78 Å². The fraction of sp³-hybridized carbons (Fsp3) is 0.333. The second-order valence-corrected chi connectivity index (χ2v) is 5.89. The largest absolute Gasteiger partial charge is 0.324 e. The van der Waals surface area contributed by atoms with Crippen LogP contribution < -0.4 is 5.73 Å². The van der Waals surface area contributed by atoms with Crippen LogP contribution in [0.3, 0.4) is 0 Å². The van der Waals surface area contributed by atoms with E-state index in [0.29, 0.717) is 17.9 Å². The summed E-state index contributed by atoms with van der Waals surface area (Å²) in [7, 11) is 0. The molecular weight excluding hydrogens is 268 g/mol. The standard InChI is InChI=1S/C18H21F2N/c1-12(2)9-13-3-5-14(6-4-13)18(21)10-15-7-8-16(19)11-17(15)20/h3-8,11-12,18H,9-10,21H2,1-2H3. The summed E-state index contributed by atoms with van der Waals surface area (Å²) in [6.07, 6.45) is 1.39. The lowest BCUT2D eigenvalue weighted by atomic mass is 9.96. The van der Waals surface area contributed by atoms with Crippen LogP contribution in [0.1, 0.15) is 36.6 Å². The molecule has 0 saturated heterocycles. The molecule has 0 aromatic heterocycles. The summed E-state index contributed by atoms with van der Waals surface area (Å²) in [4.78, 5) is 0. The van der Waals surface area contributed by atoms with Gasteiger partial charge in [0.2, 0.25) is 0 Å². The van der Waals surface area contributed by atoms with E-state index in [-0.39, 0.29) is 6.04 Å². The first-order chi connectivity index (χ1) is 9.95. The van der Waals surface area contributed by atoms with Crippen molar-refractivity contribution in [2.24, 2.45) is 11.7 Å². The minimum Gasteiger partial charge on any atom is -0.324 e. The number of hydrogen-bond acceptors (Lipinski definition) is 1. The molecule has 112 valence electrons. The van der Waals surface area contributed by atoms with Crippen molar-refractivity contribution in [3.63, 3.8) is 0 Å². The third-order valence-electron chi connectivity index (χ3n) is 3.51. The average molecular weight is 289 g/mol. The molecule has 2 N–H and O–H groups in total. The van der Waals surface area contributed by atoms with Crippen LogP contribution in [0.25, 0.3) is 0 Å². The lowest BCUT2D eigenvalue weighted by molar-refractivity contribution is 0.563. The van der Waals surface area contributed by atoms with Gasteiger partial charge in [-0.2, -0.15) is 0 Å². The maximum atomic E-state index is 13.6. The molecule has 1 atom stereocenters. The van der Waals surface area contributed by atoms with E-state index >= 15 is 0 Å². The van der Waals surface area contributed by atoms with Gasteiger partial charge in [0, 0.05) is 12.1 Å². The maximum absolute atomic E-state index is 13.6. The third-order valence-corrected chi connectivity index (χ3v) is 3.51. The van der Waals surface area contributed by atoms with Gasteiger partial charge in [0.05, 0.1) is 0 Å². The van der Waals surface area contributed by atoms with Crippen molar-refractivity contribution < 1.29 is 8.78 Å². The highest BCUT2D eigenvalue weighted by Crippen LogP contribution is 2.20. The van der Waals surface area contributed by atoms with Crippen molar-refractivity contribution in [3.05, 3.63) is 70.8 Å². The van der Waals surface area contributed by atoms with Crippen LogP contribution in [0.4, 0.5) is 8.78 Å². The molecule has 0 aliphatic heterocycles. The molecule has 21 heavy (non-hydrogen) atoms. The molecule has 0 aliphatic carbocycles. The first-order valence-corrected chi connectivity index (χ1v) is 7.24. The van der Waals surface area contributed by atoms with Crippen molar-refractivity contribution in [2.75, 3.05) is 0 Å². The SMILES string of the molecule is CC(C)Cc1ccc(C(N)Cc2ccc(F)cc2F)cc1. The van der Waals surface area contributed by atoms with E-state index in [0.717, 1.165) is 18.1 Å². The topological polar surface area (TPSA) is 26.0 Å². The molecule has 0 bridgehead atoms. The Morgan fingerprint density at radius 3 is 2.19 bits per heavy atom. The van der Waals surface area contributed by atoms with Crippen molar-refractivity contribution in [2.45, 2.75) is 32.7 Å². The van der Waals surface area contributed by atoms with Crippen molar-refractivity contribution in [3.8, 4) is 0 Å². The number of halogens is 2. The lowest BCUT2D eigenvalue weighted by Gasteiger charge is -2.14. The zero-order valence-corrected chi connectivity index (χ0v) is 12.4. The Labute approximate surface area is 124 Å². The Bertz CT molecular complexity index is 591. The minimum atomic E-state index is -0.567. The lowest BCUT2D eigenvalue weighted by Crippen LogP contribution is -2.14. The first-order valence-electron chi connectivity index (χ1n) is 7.24. The van der Waals surface area contributed by atoms with Gasteiger partial charge in [-0.3, -0.25) is 0 Å².